The molecule has 2 aliphatic rings. The molecule has 2 aromatic carbocycles. The SMILES string of the molecule is CCN1/C(=C/C=C/[C@H]2N(CC)c3cc(Cl)c(Cl)cc3N2CCOC(C)=O)N(CCOC(C)=O)c2cc(Cl)c(Cl)cc21. The van der Waals surface area contributed by atoms with Gasteiger partial charge >= 0.3 is 11.9 Å². The lowest BCUT2D eigenvalue weighted by atomic mass is 10.2. The minimum atomic E-state index is -0.342. The van der Waals surface area contributed by atoms with Gasteiger partial charge in [-0.1, -0.05) is 52.5 Å². The number of carbonyl (C=O) groups excluding carboxylic acids is 2. The van der Waals surface area contributed by atoms with E-state index >= 15 is 0 Å². The second kappa shape index (κ2) is 13.5. The Labute approximate surface area is 260 Å². The van der Waals surface area contributed by atoms with E-state index in [4.69, 9.17) is 55.9 Å². The fourth-order valence-electron chi connectivity index (χ4n) is 5.16. The molecule has 2 aromatic rings. The lowest BCUT2D eigenvalue weighted by Gasteiger charge is -2.30. The molecule has 2 heterocycles. The van der Waals surface area contributed by atoms with Crippen LogP contribution in [0.5, 0.6) is 0 Å². The number of halogens is 4. The van der Waals surface area contributed by atoms with Crippen molar-refractivity contribution in [3.63, 3.8) is 0 Å². The van der Waals surface area contributed by atoms with Crippen molar-refractivity contribution in [2.75, 3.05) is 59.0 Å². The van der Waals surface area contributed by atoms with Crippen molar-refractivity contribution in [1.82, 2.24) is 0 Å². The topological polar surface area (TPSA) is 65.6 Å². The van der Waals surface area contributed by atoms with Crippen molar-refractivity contribution in [2.45, 2.75) is 33.9 Å². The first-order chi connectivity index (χ1) is 19.6. The van der Waals surface area contributed by atoms with Crippen molar-refractivity contribution in [3.8, 4) is 0 Å². The fourth-order valence-corrected chi connectivity index (χ4v) is 5.80. The van der Waals surface area contributed by atoms with Crippen molar-refractivity contribution < 1.29 is 19.1 Å². The van der Waals surface area contributed by atoms with Crippen LogP contribution in [0, 0.1) is 0 Å². The summed E-state index contributed by atoms with van der Waals surface area (Å²) in [6.07, 6.45) is 5.90. The molecule has 0 radical (unpaired) electrons. The molecule has 41 heavy (non-hydrogen) atoms. The number of carbonyl (C=O) groups is 2. The van der Waals surface area contributed by atoms with Gasteiger partial charge in [-0.25, -0.2) is 0 Å². The van der Waals surface area contributed by atoms with E-state index < -0.39 is 0 Å². The molecule has 0 unspecified atom stereocenters. The highest BCUT2D eigenvalue weighted by molar-refractivity contribution is 6.43. The molecule has 0 spiro atoms. The molecule has 12 heteroatoms. The van der Waals surface area contributed by atoms with Gasteiger partial charge in [0.05, 0.1) is 55.9 Å². The second-order valence-electron chi connectivity index (χ2n) is 9.39. The zero-order chi connectivity index (χ0) is 29.8. The Morgan fingerprint density at radius 2 is 1.22 bits per heavy atom. The highest BCUT2D eigenvalue weighted by Crippen LogP contribution is 2.46. The smallest absolute Gasteiger partial charge is 0.302 e. The van der Waals surface area contributed by atoms with Crippen LogP contribution in [0.25, 0.3) is 0 Å². The third kappa shape index (κ3) is 6.67. The van der Waals surface area contributed by atoms with Crippen LogP contribution in [-0.4, -0.2) is 57.5 Å². The second-order valence-corrected chi connectivity index (χ2v) is 11.0. The van der Waals surface area contributed by atoms with Crippen LogP contribution in [0.4, 0.5) is 22.7 Å². The van der Waals surface area contributed by atoms with Gasteiger partial charge in [0.2, 0.25) is 0 Å². The Morgan fingerprint density at radius 1 is 0.732 bits per heavy atom. The number of esters is 2. The first-order valence-electron chi connectivity index (χ1n) is 13.3. The van der Waals surface area contributed by atoms with Gasteiger partial charge in [0.25, 0.3) is 0 Å². The Hall–Kier alpha value is -2.78. The van der Waals surface area contributed by atoms with Crippen LogP contribution in [0.2, 0.25) is 20.1 Å². The number of fused-ring (bicyclic) bond motifs is 2. The predicted molar refractivity (Wildman–Crippen MR) is 168 cm³/mol. The van der Waals surface area contributed by atoms with E-state index in [2.05, 4.69) is 39.5 Å². The molecule has 8 nitrogen and oxygen atoms in total. The van der Waals surface area contributed by atoms with E-state index in [1.807, 2.05) is 36.4 Å². The molecule has 0 amide bonds. The molecule has 0 aromatic heterocycles. The number of hydrogen-bond acceptors (Lipinski definition) is 8. The maximum Gasteiger partial charge on any atom is 0.302 e. The summed E-state index contributed by atoms with van der Waals surface area (Å²) in [6, 6.07) is 7.39. The van der Waals surface area contributed by atoms with Crippen LogP contribution in [0.15, 0.2) is 48.3 Å². The van der Waals surface area contributed by atoms with Crippen molar-refractivity contribution in [3.05, 3.63) is 68.4 Å². The average Bonchev–Trinajstić information content (AvgIpc) is 3.34. The molecule has 0 saturated heterocycles. The standard InChI is InChI=1S/C29H32Cl4N4O4/c1-5-34-24-14-20(30)22(32)16-26(24)36(10-12-40-18(3)38)28(34)8-7-9-29-35(6-2)25-15-21(31)23(33)17-27(25)37(29)11-13-41-19(4)39/h7-9,14-17,28H,5-6,10-13H2,1-4H3/b8-7+,29-9-/t28-/m0/s1. The van der Waals surface area contributed by atoms with Gasteiger partial charge in [0, 0.05) is 26.9 Å². The molecule has 0 N–H and O–H groups in total. The summed E-state index contributed by atoms with van der Waals surface area (Å²) in [5, 5.41) is 1.83. The Morgan fingerprint density at radius 3 is 1.73 bits per heavy atom. The van der Waals surface area contributed by atoms with E-state index in [0.717, 1.165) is 28.6 Å². The third-order valence-corrected chi connectivity index (χ3v) is 8.31. The summed E-state index contributed by atoms with van der Waals surface area (Å²) < 4.78 is 10.5. The number of nitrogens with zero attached hydrogens (tertiary/aromatic N) is 4. The molecule has 1 atom stereocenters. The quantitative estimate of drug-likeness (QED) is 0.254. The van der Waals surface area contributed by atoms with Crippen LogP contribution in [0.3, 0.4) is 0 Å². The van der Waals surface area contributed by atoms with Crippen molar-refractivity contribution >= 4 is 81.1 Å². The van der Waals surface area contributed by atoms with Gasteiger partial charge in [0.1, 0.15) is 25.2 Å². The van der Waals surface area contributed by atoms with Gasteiger partial charge in [-0.15, -0.1) is 0 Å². The van der Waals surface area contributed by atoms with Crippen LogP contribution >= 0.6 is 46.4 Å². The first-order valence-corrected chi connectivity index (χ1v) is 14.8. The predicted octanol–water partition coefficient (Wildman–Crippen LogP) is 7.14. The van der Waals surface area contributed by atoms with E-state index in [0.29, 0.717) is 46.3 Å². The summed E-state index contributed by atoms with van der Waals surface area (Å²) >= 11 is 25.6. The van der Waals surface area contributed by atoms with Crippen LogP contribution in [-0.2, 0) is 19.1 Å². The van der Waals surface area contributed by atoms with Gasteiger partial charge in [-0.3, -0.25) is 9.59 Å². The molecule has 4 rings (SSSR count). The highest BCUT2D eigenvalue weighted by atomic mass is 35.5. The zero-order valence-corrected chi connectivity index (χ0v) is 26.3. The van der Waals surface area contributed by atoms with Crippen LogP contribution < -0.4 is 19.6 Å². The van der Waals surface area contributed by atoms with Crippen molar-refractivity contribution in [2.24, 2.45) is 0 Å². The number of likely N-dealkylation sites (N-methyl/N-ethyl adjacent to an activating group) is 1. The number of allylic oxidation sites excluding steroid dienone is 2. The molecular weight excluding hydrogens is 610 g/mol. The molecule has 0 bridgehead atoms. The lowest BCUT2D eigenvalue weighted by molar-refractivity contribution is -0.141. The maximum atomic E-state index is 11.5. The summed E-state index contributed by atoms with van der Waals surface area (Å²) in [5.41, 5.74) is 3.65. The number of hydrogen-bond donors (Lipinski definition) is 0. The summed E-state index contributed by atoms with van der Waals surface area (Å²) in [7, 11) is 0. The zero-order valence-electron chi connectivity index (χ0n) is 23.3. The molecule has 220 valence electrons. The first kappa shape index (κ1) is 31.2. The molecular formula is C29H32Cl4N4O4. The van der Waals surface area contributed by atoms with E-state index in [1.165, 1.54) is 13.8 Å². The molecule has 0 aliphatic carbocycles. The minimum absolute atomic E-state index is 0.186. The largest absolute Gasteiger partial charge is 0.464 e. The fraction of sp³-hybridized carbons (Fsp3) is 0.379. The van der Waals surface area contributed by atoms with Gasteiger partial charge in [0.15, 0.2) is 0 Å². The van der Waals surface area contributed by atoms with E-state index in [-0.39, 0.29) is 31.3 Å². The number of rotatable bonds is 10. The van der Waals surface area contributed by atoms with E-state index in [9.17, 15) is 9.59 Å². The number of ether oxygens (including phenoxy) is 2. The Kier molecular flexibility index (Phi) is 10.2. The number of benzene rings is 2. The highest BCUT2D eigenvalue weighted by Gasteiger charge is 2.35. The monoisotopic (exact) mass is 640 g/mol. The van der Waals surface area contributed by atoms with Gasteiger partial charge < -0.3 is 29.1 Å². The van der Waals surface area contributed by atoms with Crippen LogP contribution in [0.1, 0.15) is 27.7 Å². The molecule has 0 fully saturated rings. The molecule has 0 saturated carbocycles. The maximum absolute atomic E-state index is 11.5. The summed E-state index contributed by atoms with van der Waals surface area (Å²) in [5.74, 6) is 0.212. The minimum Gasteiger partial charge on any atom is -0.464 e. The Balaban J connectivity index is 1.70. The van der Waals surface area contributed by atoms with Gasteiger partial charge in [-0.2, -0.15) is 0 Å². The van der Waals surface area contributed by atoms with E-state index in [1.54, 1.807) is 0 Å². The Bertz CT molecular complexity index is 1380. The van der Waals surface area contributed by atoms with Gasteiger partial charge in [-0.05, 0) is 50.3 Å². The number of anilines is 4. The normalized spacial score (nSPS) is 17.1. The molecule has 2 aliphatic heterocycles. The lowest BCUT2D eigenvalue weighted by Crippen LogP contribution is -2.43. The summed E-state index contributed by atoms with van der Waals surface area (Å²) in [4.78, 5) is 31.4. The summed E-state index contributed by atoms with van der Waals surface area (Å²) in [6.45, 7) is 9.61. The third-order valence-electron chi connectivity index (χ3n) is 6.87. The van der Waals surface area contributed by atoms with Crippen molar-refractivity contribution in [1.29, 1.82) is 0 Å². The average molecular weight is 642 g/mol.